The number of halogens is 3. The molecule has 8 heteroatoms. The predicted octanol–water partition coefficient (Wildman–Crippen LogP) is 2.10. The van der Waals surface area contributed by atoms with Crippen molar-refractivity contribution in [3.05, 3.63) is 29.8 Å². The number of likely N-dealkylation sites (N-methyl/N-ethyl adjacent to an activating group) is 1. The molecule has 0 bridgehead atoms. The maximum absolute atomic E-state index is 12.8. The van der Waals surface area contributed by atoms with E-state index in [1.165, 1.54) is 6.07 Å². The minimum absolute atomic E-state index is 0.124. The SMILES string of the molecule is CN(C)CCNC(=O)N1CCN(c2cccc(C(F)(F)F)c2)CC1. The smallest absolute Gasteiger partial charge is 0.368 e. The van der Waals surface area contributed by atoms with Crippen LogP contribution in [0.1, 0.15) is 5.56 Å². The standard InChI is InChI=1S/C16H23F3N4O/c1-21(2)7-6-20-15(24)23-10-8-22(9-11-23)14-5-3-4-13(12-14)16(17,18)19/h3-5,12H,6-11H2,1-2H3,(H,20,24). The molecule has 0 atom stereocenters. The van der Waals surface area contributed by atoms with Crippen LogP contribution in [-0.4, -0.2) is 69.2 Å². The second-order valence-electron chi connectivity index (χ2n) is 6.06. The van der Waals surface area contributed by atoms with Crippen molar-refractivity contribution in [2.45, 2.75) is 6.18 Å². The van der Waals surface area contributed by atoms with Gasteiger partial charge in [0, 0.05) is 45.0 Å². The average molecular weight is 344 g/mol. The summed E-state index contributed by atoms with van der Waals surface area (Å²) in [4.78, 5) is 17.6. The predicted molar refractivity (Wildman–Crippen MR) is 87.2 cm³/mol. The molecular weight excluding hydrogens is 321 g/mol. The number of rotatable bonds is 4. The Kier molecular flexibility index (Phi) is 5.93. The number of nitrogens with one attached hydrogen (secondary N) is 1. The Morgan fingerprint density at radius 3 is 2.46 bits per heavy atom. The summed E-state index contributed by atoms with van der Waals surface area (Å²) < 4.78 is 38.4. The molecule has 1 heterocycles. The van der Waals surface area contributed by atoms with E-state index in [1.54, 1.807) is 11.0 Å². The highest BCUT2D eigenvalue weighted by molar-refractivity contribution is 5.74. The van der Waals surface area contributed by atoms with Crippen LogP contribution in [-0.2, 0) is 6.18 Å². The van der Waals surface area contributed by atoms with Crippen molar-refractivity contribution in [2.75, 3.05) is 58.3 Å². The summed E-state index contributed by atoms with van der Waals surface area (Å²) in [7, 11) is 3.86. The van der Waals surface area contributed by atoms with Crippen LogP contribution in [0, 0.1) is 0 Å². The van der Waals surface area contributed by atoms with Gasteiger partial charge < -0.3 is 20.0 Å². The number of carbonyl (C=O) groups excluding carboxylic acids is 1. The van der Waals surface area contributed by atoms with Crippen molar-refractivity contribution in [3.8, 4) is 0 Å². The molecule has 1 aromatic carbocycles. The lowest BCUT2D eigenvalue weighted by molar-refractivity contribution is -0.137. The molecule has 5 nitrogen and oxygen atoms in total. The normalized spacial score (nSPS) is 15.8. The Bertz CT molecular complexity index is 554. The fourth-order valence-electron chi connectivity index (χ4n) is 2.54. The Morgan fingerprint density at radius 2 is 1.88 bits per heavy atom. The number of nitrogens with zero attached hydrogens (tertiary/aromatic N) is 3. The first-order chi connectivity index (χ1) is 11.3. The van der Waals surface area contributed by atoms with Gasteiger partial charge in [-0.2, -0.15) is 13.2 Å². The molecular formula is C16H23F3N4O. The van der Waals surface area contributed by atoms with Crippen molar-refractivity contribution in [1.29, 1.82) is 0 Å². The maximum atomic E-state index is 12.8. The van der Waals surface area contributed by atoms with Crippen molar-refractivity contribution in [3.63, 3.8) is 0 Å². The summed E-state index contributed by atoms with van der Waals surface area (Å²) in [6, 6.07) is 5.19. The van der Waals surface area contributed by atoms with Gasteiger partial charge in [-0.25, -0.2) is 4.79 Å². The van der Waals surface area contributed by atoms with Gasteiger partial charge in [0.2, 0.25) is 0 Å². The minimum atomic E-state index is -4.34. The molecule has 0 spiro atoms. The third kappa shape index (κ3) is 5.02. The number of benzene rings is 1. The third-order valence-electron chi connectivity index (χ3n) is 3.94. The quantitative estimate of drug-likeness (QED) is 0.909. The first-order valence-corrected chi connectivity index (χ1v) is 7.87. The van der Waals surface area contributed by atoms with Gasteiger partial charge in [-0.3, -0.25) is 0 Å². The lowest BCUT2D eigenvalue weighted by Gasteiger charge is -2.36. The van der Waals surface area contributed by atoms with E-state index in [-0.39, 0.29) is 6.03 Å². The first-order valence-electron chi connectivity index (χ1n) is 7.87. The molecule has 2 rings (SSSR count). The minimum Gasteiger partial charge on any atom is -0.368 e. The van der Waals surface area contributed by atoms with E-state index in [9.17, 15) is 18.0 Å². The number of urea groups is 1. The lowest BCUT2D eigenvalue weighted by Crippen LogP contribution is -2.52. The Morgan fingerprint density at radius 1 is 1.21 bits per heavy atom. The first kappa shape index (κ1) is 18.4. The number of piperazine rings is 1. The molecule has 134 valence electrons. The number of hydrogen-bond acceptors (Lipinski definition) is 3. The summed E-state index contributed by atoms with van der Waals surface area (Å²) in [5.74, 6) is 0. The highest BCUT2D eigenvalue weighted by Gasteiger charge is 2.31. The van der Waals surface area contributed by atoms with Crippen LogP contribution in [0.2, 0.25) is 0 Å². The monoisotopic (exact) mass is 344 g/mol. The molecule has 0 saturated carbocycles. The van der Waals surface area contributed by atoms with Crippen molar-refractivity contribution >= 4 is 11.7 Å². The van der Waals surface area contributed by atoms with Crippen LogP contribution < -0.4 is 10.2 Å². The molecule has 0 radical (unpaired) electrons. The zero-order valence-corrected chi connectivity index (χ0v) is 13.9. The van der Waals surface area contributed by atoms with Gasteiger partial charge in [0.1, 0.15) is 0 Å². The van der Waals surface area contributed by atoms with Gasteiger partial charge in [0.05, 0.1) is 5.56 Å². The fourth-order valence-corrected chi connectivity index (χ4v) is 2.54. The highest BCUT2D eigenvalue weighted by atomic mass is 19.4. The maximum Gasteiger partial charge on any atom is 0.416 e. The summed E-state index contributed by atoms with van der Waals surface area (Å²) in [6.07, 6.45) is -4.34. The van der Waals surface area contributed by atoms with Crippen LogP contribution in [0.25, 0.3) is 0 Å². The van der Waals surface area contributed by atoms with E-state index in [4.69, 9.17) is 0 Å². The fraction of sp³-hybridized carbons (Fsp3) is 0.562. The Hall–Kier alpha value is -1.96. The second-order valence-corrected chi connectivity index (χ2v) is 6.06. The van der Waals surface area contributed by atoms with Crippen LogP contribution in [0.15, 0.2) is 24.3 Å². The van der Waals surface area contributed by atoms with Crippen LogP contribution >= 0.6 is 0 Å². The van der Waals surface area contributed by atoms with E-state index in [1.807, 2.05) is 23.9 Å². The van der Waals surface area contributed by atoms with Gasteiger partial charge in [-0.1, -0.05) is 6.07 Å². The highest BCUT2D eigenvalue weighted by Crippen LogP contribution is 2.31. The molecule has 1 aliphatic heterocycles. The number of anilines is 1. The van der Waals surface area contributed by atoms with E-state index < -0.39 is 11.7 Å². The summed E-state index contributed by atoms with van der Waals surface area (Å²) >= 11 is 0. The zero-order valence-electron chi connectivity index (χ0n) is 13.9. The number of amides is 2. The molecule has 1 fully saturated rings. The van der Waals surface area contributed by atoms with E-state index in [2.05, 4.69) is 5.32 Å². The lowest BCUT2D eigenvalue weighted by atomic mass is 10.1. The summed E-state index contributed by atoms with van der Waals surface area (Å²) in [5, 5.41) is 2.85. The average Bonchev–Trinajstić information content (AvgIpc) is 2.54. The molecule has 1 aromatic rings. The number of hydrogen-bond donors (Lipinski definition) is 1. The van der Waals surface area contributed by atoms with Gasteiger partial charge >= 0.3 is 12.2 Å². The molecule has 0 aromatic heterocycles. The molecule has 1 saturated heterocycles. The van der Waals surface area contributed by atoms with Gasteiger partial charge in [-0.05, 0) is 32.3 Å². The van der Waals surface area contributed by atoms with Crippen LogP contribution in [0.4, 0.5) is 23.7 Å². The van der Waals surface area contributed by atoms with Crippen molar-refractivity contribution in [2.24, 2.45) is 0 Å². The van der Waals surface area contributed by atoms with E-state index in [0.29, 0.717) is 38.4 Å². The van der Waals surface area contributed by atoms with Crippen LogP contribution in [0.3, 0.4) is 0 Å². The largest absolute Gasteiger partial charge is 0.416 e. The van der Waals surface area contributed by atoms with Gasteiger partial charge in [0.25, 0.3) is 0 Å². The van der Waals surface area contributed by atoms with Crippen LogP contribution in [0.5, 0.6) is 0 Å². The molecule has 1 N–H and O–H groups in total. The molecule has 2 amide bonds. The van der Waals surface area contributed by atoms with E-state index >= 15 is 0 Å². The number of carbonyl (C=O) groups is 1. The Labute approximate surface area is 140 Å². The third-order valence-corrected chi connectivity index (χ3v) is 3.94. The van der Waals surface area contributed by atoms with Crippen molar-refractivity contribution in [1.82, 2.24) is 15.1 Å². The molecule has 0 unspecified atom stereocenters. The second kappa shape index (κ2) is 7.74. The zero-order chi connectivity index (χ0) is 17.7. The van der Waals surface area contributed by atoms with E-state index in [0.717, 1.165) is 18.7 Å². The van der Waals surface area contributed by atoms with Crippen molar-refractivity contribution < 1.29 is 18.0 Å². The topological polar surface area (TPSA) is 38.8 Å². The van der Waals surface area contributed by atoms with Gasteiger partial charge in [0.15, 0.2) is 0 Å². The summed E-state index contributed by atoms with van der Waals surface area (Å²) in [6.45, 7) is 3.34. The molecule has 1 aliphatic rings. The number of alkyl halides is 3. The molecule has 24 heavy (non-hydrogen) atoms. The van der Waals surface area contributed by atoms with Gasteiger partial charge in [-0.15, -0.1) is 0 Å². The molecule has 0 aliphatic carbocycles. The Balaban J connectivity index is 1.87. The summed E-state index contributed by atoms with van der Waals surface area (Å²) in [5.41, 5.74) is -0.110.